The molecule has 1 aliphatic heterocycles. The molecule has 0 aromatic heterocycles. The van der Waals surface area contributed by atoms with Crippen LogP contribution in [0.2, 0.25) is 0 Å². The molecule has 1 N–H and O–H groups in total. The summed E-state index contributed by atoms with van der Waals surface area (Å²) in [6, 6.07) is 0.772. The van der Waals surface area contributed by atoms with Gasteiger partial charge in [-0.05, 0) is 25.2 Å². The highest BCUT2D eigenvalue weighted by Gasteiger charge is 2.49. The number of nitrogens with zero attached hydrogens (tertiary/aromatic N) is 1. The van der Waals surface area contributed by atoms with Crippen LogP contribution < -0.4 is 0 Å². The lowest BCUT2D eigenvalue weighted by atomic mass is 9.67. The minimum Gasteiger partial charge on any atom is -0.392 e. The SMILES string of the molecule is C[N+]1([C@@H]2CC[C@@H]3CCC[C@@H]2[C@@H]3O)CCCC1. The molecule has 2 bridgehead atoms. The van der Waals surface area contributed by atoms with Gasteiger partial charge in [0, 0.05) is 25.2 Å². The number of quaternary nitrogens is 1. The Balaban J connectivity index is 1.80. The summed E-state index contributed by atoms with van der Waals surface area (Å²) in [4.78, 5) is 0. The van der Waals surface area contributed by atoms with Crippen molar-refractivity contribution in [1.29, 1.82) is 0 Å². The molecule has 0 radical (unpaired) electrons. The minimum absolute atomic E-state index is 0.0306. The maximum Gasteiger partial charge on any atom is 0.0941 e. The molecular formula is C14H26NO+. The fourth-order valence-electron chi connectivity index (χ4n) is 4.80. The number of aliphatic hydroxyl groups excluding tert-OH is 1. The van der Waals surface area contributed by atoms with Crippen LogP contribution in [0, 0.1) is 11.8 Å². The lowest BCUT2D eigenvalue weighted by Gasteiger charge is -2.50. The predicted molar refractivity (Wildman–Crippen MR) is 65.0 cm³/mol. The lowest BCUT2D eigenvalue weighted by molar-refractivity contribution is -0.928. The van der Waals surface area contributed by atoms with Crippen LogP contribution in [0.15, 0.2) is 0 Å². The van der Waals surface area contributed by atoms with Crippen molar-refractivity contribution in [3.8, 4) is 0 Å². The van der Waals surface area contributed by atoms with Gasteiger partial charge in [0.1, 0.15) is 0 Å². The highest BCUT2D eigenvalue weighted by atomic mass is 16.3. The molecule has 0 amide bonds. The summed E-state index contributed by atoms with van der Waals surface area (Å²) in [5.41, 5.74) is 0. The maximum atomic E-state index is 10.4. The van der Waals surface area contributed by atoms with E-state index >= 15 is 0 Å². The molecule has 1 heterocycles. The van der Waals surface area contributed by atoms with Gasteiger partial charge in [-0.3, -0.25) is 0 Å². The predicted octanol–water partition coefficient (Wildman–Crippen LogP) is 2.17. The summed E-state index contributed by atoms with van der Waals surface area (Å²) >= 11 is 0. The number of hydrogen-bond donors (Lipinski definition) is 1. The van der Waals surface area contributed by atoms with E-state index in [2.05, 4.69) is 7.05 Å². The van der Waals surface area contributed by atoms with Gasteiger partial charge in [0.25, 0.3) is 0 Å². The Kier molecular flexibility index (Phi) is 2.75. The van der Waals surface area contributed by atoms with Gasteiger partial charge in [-0.2, -0.15) is 0 Å². The van der Waals surface area contributed by atoms with Gasteiger partial charge in [-0.25, -0.2) is 0 Å². The number of rotatable bonds is 1. The number of hydrogen-bond acceptors (Lipinski definition) is 1. The van der Waals surface area contributed by atoms with Gasteiger partial charge in [-0.1, -0.05) is 6.42 Å². The average molecular weight is 224 g/mol. The van der Waals surface area contributed by atoms with E-state index in [0.29, 0.717) is 11.8 Å². The Morgan fingerprint density at radius 2 is 1.69 bits per heavy atom. The van der Waals surface area contributed by atoms with E-state index in [-0.39, 0.29) is 6.10 Å². The third-order valence-electron chi connectivity index (χ3n) is 5.75. The van der Waals surface area contributed by atoms with Crippen molar-refractivity contribution in [2.75, 3.05) is 20.1 Å². The molecule has 0 aromatic rings. The fourth-order valence-corrected chi connectivity index (χ4v) is 4.80. The molecule has 92 valence electrons. The first-order valence-electron chi connectivity index (χ1n) is 7.23. The molecule has 0 spiro atoms. The van der Waals surface area contributed by atoms with Gasteiger partial charge >= 0.3 is 0 Å². The third kappa shape index (κ3) is 1.62. The third-order valence-corrected chi connectivity index (χ3v) is 5.75. The Labute approximate surface area is 99.2 Å². The van der Waals surface area contributed by atoms with E-state index in [0.717, 1.165) is 6.04 Å². The van der Waals surface area contributed by atoms with Crippen molar-refractivity contribution >= 4 is 0 Å². The van der Waals surface area contributed by atoms with Gasteiger partial charge in [0.2, 0.25) is 0 Å². The molecule has 3 aliphatic rings. The number of aliphatic hydroxyl groups is 1. The van der Waals surface area contributed by atoms with Gasteiger partial charge in [0.05, 0.1) is 32.3 Å². The molecule has 4 atom stereocenters. The van der Waals surface area contributed by atoms with Crippen LogP contribution in [0.1, 0.15) is 44.9 Å². The summed E-state index contributed by atoms with van der Waals surface area (Å²) in [5.74, 6) is 1.26. The van der Waals surface area contributed by atoms with E-state index in [1.165, 1.54) is 62.5 Å². The summed E-state index contributed by atoms with van der Waals surface area (Å²) in [5, 5.41) is 10.4. The van der Waals surface area contributed by atoms with Gasteiger partial charge in [0.15, 0.2) is 0 Å². The average Bonchev–Trinajstić information content (AvgIpc) is 2.65. The van der Waals surface area contributed by atoms with Crippen molar-refractivity contribution in [2.45, 2.75) is 57.1 Å². The van der Waals surface area contributed by atoms with Crippen LogP contribution in [-0.4, -0.2) is 41.9 Å². The van der Waals surface area contributed by atoms with Crippen molar-refractivity contribution in [1.82, 2.24) is 0 Å². The molecule has 0 aromatic carbocycles. The first kappa shape index (κ1) is 11.0. The Morgan fingerprint density at radius 3 is 2.44 bits per heavy atom. The molecule has 3 rings (SSSR count). The highest BCUT2D eigenvalue weighted by molar-refractivity contribution is 4.92. The van der Waals surface area contributed by atoms with Gasteiger partial charge < -0.3 is 9.59 Å². The molecule has 2 nitrogen and oxygen atoms in total. The monoisotopic (exact) mass is 224 g/mol. The summed E-state index contributed by atoms with van der Waals surface area (Å²) < 4.78 is 1.27. The normalized spacial score (nSPS) is 46.9. The topological polar surface area (TPSA) is 20.2 Å². The molecule has 3 fully saturated rings. The highest BCUT2D eigenvalue weighted by Crippen LogP contribution is 2.44. The Hall–Kier alpha value is -0.0800. The molecule has 2 aliphatic carbocycles. The van der Waals surface area contributed by atoms with Crippen LogP contribution >= 0.6 is 0 Å². The first-order chi connectivity index (χ1) is 7.71. The van der Waals surface area contributed by atoms with Gasteiger partial charge in [-0.15, -0.1) is 0 Å². The van der Waals surface area contributed by atoms with E-state index in [1.807, 2.05) is 0 Å². The quantitative estimate of drug-likeness (QED) is 0.677. The second-order valence-electron chi connectivity index (χ2n) is 6.62. The zero-order valence-corrected chi connectivity index (χ0v) is 10.6. The summed E-state index contributed by atoms with van der Waals surface area (Å²) in [7, 11) is 2.44. The largest absolute Gasteiger partial charge is 0.392 e. The summed E-state index contributed by atoms with van der Waals surface area (Å²) in [6.45, 7) is 2.72. The smallest absolute Gasteiger partial charge is 0.0941 e. The Morgan fingerprint density at radius 1 is 0.938 bits per heavy atom. The second kappa shape index (κ2) is 3.99. The van der Waals surface area contributed by atoms with Crippen LogP contribution in [-0.2, 0) is 0 Å². The molecule has 2 saturated carbocycles. The summed E-state index contributed by atoms with van der Waals surface area (Å²) in [6.07, 6.45) is 9.44. The number of fused-ring (bicyclic) bond motifs is 2. The van der Waals surface area contributed by atoms with E-state index in [1.54, 1.807) is 0 Å². The lowest BCUT2D eigenvalue weighted by Crippen LogP contribution is -2.59. The Bertz CT molecular complexity index is 259. The fraction of sp³-hybridized carbons (Fsp3) is 1.00. The second-order valence-corrected chi connectivity index (χ2v) is 6.62. The van der Waals surface area contributed by atoms with E-state index in [4.69, 9.17) is 0 Å². The van der Waals surface area contributed by atoms with E-state index in [9.17, 15) is 5.11 Å². The van der Waals surface area contributed by atoms with E-state index < -0.39 is 0 Å². The van der Waals surface area contributed by atoms with Crippen molar-refractivity contribution in [3.05, 3.63) is 0 Å². The molecule has 0 unspecified atom stereocenters. The van der Waals surface area contributed by atoms with Crippen LogP contribution in [0.4, 0.5) is 0 Å². The minimum atomic E-state index is 0.0306. The van der Waals surface area contributed by atoms with Crippen molar-refractivity contribution in [2.24, 2.45) is 11.8 Å². The maximum absolute atomic E-state index is 10.4. The number of likely N-dealkylation sites (tertiary alicyclic amines) is 1. The molecule has 1 saturated heterocycles. The first-order valence-corrected chi connectivity index (χ1v) is 7.23. The van der Waals surface area contributed by atoms with Crippen LogP contribution in [0.3, 0.4) is 0 Å². The molecule has 2 heteroatoms. The zero-order valence-electron chi connectivity index (χ0n) is 10.6. The molecular weight excluding hydrogens is 198 g/mol. The zero-order chi connectivity index (χ0) is 11.2. The standard InChI is InChI=1S/C14H26NO/c1-15(9-2-3-10-15)13-8-7-11-5-4-6-12(13)14(11)16/h11-14,16H,2-10H2,1H3/q+1/t11-,12-,13+,14+/m0/s1. The molecule has 16 heavy (non-hydrogen) atoms. The van der Waals surface area contributed by atoms with Crippen molar-refractivity contribution in [3.63, 3.8) is 0 Å². The van der Waals surface area contributed by atoms with Crippen LogP contribution in [0.5, 0.6) is 0 Å². The van der Waals surface area contributed by atoms with Crippen LogP contribution in [0.25, 0.3) is 0 Å². The van der Waals surface area contributed by atoms with Crippen molar-refractivity contribution < 1.29 is 9.59 Å².